The average Bonchev–Trinajstić information content (AvgIpc) is 2.77. The van der Waals surface area contributed by atoms with E-state index in [2.05, 4.69) is 17.6 Å². The molecule has 2 N–H and O–H groups in total. The summed E-state index contributed by atoms with van der Waals surface area (Å²) in [6.45, 7) is 9.75. The zero-order valence-electron chi connectivity index (χ0n) is 19.6. The van der Waals surface area contributed by atoms with E-state index >= 15 is 0 Å². The zero-order valence-corrected chi connectivity index (χ0v) is 19.6. The van der Waals surface area contributed by atoms with Crippen LogP contribution in [-0.2, 0) is 9.59 Å². The molecule has 1 aromatic rings. The Kier molecular flexibility index (Phi) is 10.0. The number of aryl methyl sites for hydroxylation is 1. The number of hydrogen-bond donors (Lipinski definition) is 2. The van der Waals surface area contributed by atoms with Crippen molar-refractivity contribution in [3.63, 3.8) is 0 Å². The van der Waals surface area contributed by atoms with Gasteiger partial charge in [-0.1, -0.05) is 57.7 Å². The Balaban J connectivity index is 1.94. The van der Waals surface area contributed by atoms with E-state index in [9.17, 15) is 14.4 Å². The van der Waals surface area contributed by atoms with Crippen molar-refractivity contribution in [3.05, 3.63) is 35.4 Å². The van der Waals surface area contributed by atoms with Crippen molar-refractivity contribution in [2.75, 3.05) is 19.6 Å². The molecule has 0 aliphatic carbocycles. The maximum Gasteiger partial charge on any atom is 0.251 e. The Morgan fingerprint density at radius 2 is 1.81 bits per heavy atom. The molecule has 0 radical (unpaired) electrons. The SMILES string of the molecule is CCCCCCNC(=O)C1CCCN(C(=O)C(NC(=O)c2ccc(C)cc2)C(C)C)C1. The Bertz CT molecular complexity index is 730. The van der Waals surface area contributed by atoms with Crippen LogP contribution in [0.15, 0.2) is 24.3 Å². The smallest absolute Gasteiger partial charge is 0.251 e. The van der Waals surface area contributed by atoms with Crippen LogP contribution in [0.3, 0.4) is 0 Å². The van der Waals surface area contributed by atoms with Crippen LogP contribution < -0.4 is 10.6 Å². The molecule has 2 unspecified atom stereocenters. The molecule has 2 atom stereocenters. The Labute approximate surface area is 187 Å². The van der Waals surface area contributed by atoms with Crippen molar-refractivity contribution < 1.29 is 14.4 Å². The first-order chi connectivity index (χ1) is 14.8. The van der Waals surface area contributed by atoms with E-state index in [0.29, 0.717) is 25.2 Å². The molecule has 1 aliphatic rings. The monoisotopic (exact) mass is 429 g/mol. The van der Waals surface area contributed by atoms with Crippen molar-refractivity contribution in [3.8, 4) is 0 Å². The summed E-state index contributed by atoms with van der Waals surface area (Å²) in [5.74, 6) is -0.528. The standard InChI is InChI=1S/C25H39N3O3/c1-5-6-7-8-15-26-23(29)21-10-9-16-28(17-21)25(31)22(18(2)3)27-24(30)20-13-11-19(4)12-14-20/h11-14,18,21-22H,5-10,15-17H2,1-4H3,(H,26,29)(H,27,30). The third-order valence-corrected chi connectivity index (χ3v) is 5.97. The summed E-state index contributed by atoms with van der Waals surface area (Å²) in [7, 11) is 0. The molecule has 1 heterocycles. The van der Waals surface area contributed by atoms with Gasteiger partial charge in [0.25, 0.3) is 5.91 Å². The lowest BCUT2D eigenvalue weighted by Gasteiger charge is -2.35. The van der Waals surface area contributed by atoms with Gasteiger partial charge in [0, 0.05) is 25.2 Å². The van der Waals surface area contributed by atoms with Gasteiger partial charge in [0.15, 0.2) is 0 Å². The predicted octanol–water partition coefficient (Wildman–Crippen LogP) is 3.68. The molecule has 31 heavy (non-hydrogen) atoms. The minimum atomic E-state index is -0.607. The number of carbonyl (C=O) groups is 3. The predicted molar refractivity (Wildman–Crippen MR) is 124 cm³/mol. The number of hydrogen-bond acceptors (Lipinski definition) is 3. The summed E-state index contributed by atoms with van der Waals surface area (Å²) in [5.41, 5.74) is 1.62. The fourth-order valence-electron chi connectivity index (χ4n) is 3.94. The Morgan fingerprint density at radius 1 is 1.10 bits per heavy atom. The molecule has 1 aromatic carbocycles. The lowest BCUT2D eigenvalue weighted by atomic mass is 9.94. The summed E-state index contributed by atoms with van der Waals surface area (Å²) < 4.78 is 0. The largest absolute Gasteiger partial charge is 0.356 e. The van der Waals surface area contributed by atoms with E-state index in [0.717, 1.165) is 31.2 Å². The van der Waals surface area contributed by atoms with Crippen LogP contribution in [0.1, 0.15) is 75.2 Å². The van der Waals surface area contributed by atoms with E-state index < -0.39 is 6.04 Å². The van der Waals surface area contributed by atoms with Crippen molar-refractivity contribution in [1.29, 1.82) is 0 Å². The van der Waals surface area contributed by atoms with Gasteiger partial charge < -0.3 is 15.5 Å². The number of rotatable bonds is 10. The highest BCUT2D eigenvalue weighted by atomic mass is 16.2. The number of likely N-dealkylation sites (tertiary alicyclic amines) is 1. The van der Waals surface area contributed by atoms with Gasteiger partial charge in [-0.3, -0.25) is 14.4 Å². The highest BCUT2D eigenvalue weighted by molar-refractivity contribution is 5.97. The molecule has 0 aromatic heterocycles. The van der Waals surface area contributed by atoms with Crippen LogP contribution in [0.2, 0.25) is 0 Å². The van der Waals surface area contributed by atoms with Gasteiger partial charge in [-0.2, -0.15) is 0 Å². The summed E-state index contributed by atoms with van der Waals surface area (Å²) >= 11 is 0. The van der Waals surface area contributed by atoms with Crippen LogP contribution in [0, 0.1) is 18.8 Å². The molecular weight excluding hydrogens is 390 g/mol. The lowest BCUT2D eigenvalue weighted by molar-refractivity contribution is -0.138. The number of piperidine rings is 1. The third-order valence-electron chi connectivity index (χ3n) is 5.97. The molecule has 6 heteroatoms. The Morgan fingerprint density at radius 3 is 2.45 bits per heavy atom. The van der Waals surface area contributed by atoms with E-state index in [4.69, 9.17) is 0 Å². The fourth-order valence-corrected chi connectivity index (χ4v) is 3.94. The minimum Gasteiger partial charge on any atom is -0.356 e. The molecule has 3 amide bonds. The second-order valence-corrected chi connectivity index (χ2v) is 9.04. The minimum absolute atomic E-state index is 0.0405. The first-order valence-corrected chi connectivity index (χ1v) is 11.8. The van der Waals surface area contributed by atoms with Gasteiger partial charge in [0.05, 0.1) is 5.92 Å². The lowest BCUT2D eigenvalue weighted by Crippen LogP contribution is -2.54. The summed E-state index contributed by atoms with van der Waals surface area (Å²) in [6, 6.07) is 6.71. The highest BCUT2D eigenvalue weighted by Gasteiger charge is 2.33. The molecule has 0 bridgehead atoms. The maximum atomic E-state index is 13.2. The fraction of sp³-hybridized carbons (Fsp3) is 0.640. The van der Waals surface area contributed by atoms with Crippen molar-refractivity contribution >= 4 is 17.7 Å². The quantitative estimate of drug-likeness (QED) is 0.557. The van der Waals surface area contributed by atoms with Crippen molar-refractivity contribution in [2.45, 2.75) is 72.3 Å². The van der Waals surface area contributed by atoms with Crippen LogP contribution in [0.5, 0.6) is 0 Å². The van der Waals surface area contributed by atoms with E-state index in [1.54, 1.807) is 17.0 Å². The van der Waals surface area contributed by atoms with Crippen LogP contribution >= 0.6 is 0 Å². The zero-order chi connectivity index (χ0) is 22.8. The summed E-state index contributed by atoms with van der Waals surface area (Å²) in [5, 5.41) is 5.95. The van der Waals surface area contributed by atoms with E-state index in [-0.39, 0.29) is 29.6 Å². The average molecular weight is 430 g/mol. The second kappa shape index (κ2) is 12.5. The molecule has 6 nitrogen and oxygen atoms in total. The van der Waals surface area contributed by atoms with Crippen LogP contribution in [0.25, 0.3) is 0 Å². The van der Waals surface area contributed by atoms with Gasteiger partial charge in [0.2, 0.25) is 11.8 Å². The topological polar surface area (TPSA) is 78.5 Å². The molecule has 1 fully saturated rings. The van der Waals surface area contributed by atoms with Gasteiger partial charge in [0.1, 0.15) is 6.04 Å². The third kappa shape index (κ3) is 7.67. The highest BCUT2D eigenvalue weighted by Crippen LogP contribution is 2.19. The molecule has 1 saturated heterocycles. The van der Waals surface area contributed by atoms with Gasteiger partial charge in [-0.25, -0.2) is 0 Å². The van der Waals surface area contributed by atoms with Gasteiger partial charge in [-0.05, 0) is 44.2 Å². The number of amides is 3. The van der Waals surface area contributed by atoms with Gasteiger partial charge >= 0.3 is 0 Å². The first-order valence-electron chi connectivity index (χ1n) is 11.8. The van der Waals surface area contributed by atoms with E-state index in [1.807, 2.05) is 32.9 Å². The summed E-state index contributed by atoms with van der Waals surface area (Å²) in [4.78, 5) is 40.2. The molecule has 0 saturated carbocycles. The normalized spacial score (nSPS) is 17.3. The number of nitrogens with zero attached hydrogens (tertiary/aromatic N) is 1. The molecule has 1 aliphatic heterocycles. The summed E-state index contributed by atoms with van der Waals surface area (Å²) in [6.07, 6.45) is 6.08. The second-order valence-electron chi connectivity index (χ2n) is 9.04. The van der Waals surface area contributed by atoms with E-state index in [1.165, 1.54) is 12.8 Å². The van der Waals surface area contributed by atoms with Crippen molar-refractivity contribution in [1.82, 2.24) is 15.5 Å². The number of benzene rings is 1. The molecule has 2 rings (SSSR count). The molecular formula is C25H39N3O3. The number of unbranched alkanes of at least 4 members (excludes halogenated alkanes) is 3. The Hall–Kier alpha value is -2.37. The molecule has 0 spiro atoms. The number of nitrogens with one attached hydrogen (secondary N) is 2. The number of carbonyl (C=O) groups excluding carboxylic acids is 3. The van der Waals surface area contributed by atoms with Crippen molar-refractivity contribution in [2.24, 2.45) is 11.8 Å². The molecule has 172 valence electrons. The first kappa shape index (κ1) is 24.9. The van der Waals surface area contributed by atoms with Crippen LogP contribution in [-0.4, -0.2) is 48.3 Å². The van der Waals surface area contributed by atoms with Crippen LogP contribution in [0.4, 0.5) is 0 Å². The van der Waals surface area contributed by atoms with Gasteiger partial charge in [-0.15, -0.1) is 0 Å². The maximum absolute atomic E-state index is 13.2.